The van der Waals surface area contributed by atoms with Crippen molar-refractivity contribution in [2.75, 3.05) is 31.5 Å². The van der Waals surface area contributed by atoms with Crippen LogP contribution in [0.2, 0.25) is 0 Å². The lowest BCUT2D eigenvalue weighted by Crippen LogP contribution is -2.49. The van der Waals surface area contributed by atoms with Crippen LogP contribution in [0.5, 0.6) is 0 Å². The van der Waals surface area contributed by atoms with Crippen molar-refractivity contribution < 1.29 is 0 Å². The van der Waals surface area contributed by atoms with Crippen molar-refractivity contribution in [1.29, 1.82) is 0 Å². The minimum absolute atomic E-state index is 0.814. The number of nitrogens with one attached hydrogen (secondary N) is 1. The molecular weight excluding hydrogens is 254 g/mol. The summed E-state index contributed by atoms with van der Waals surface area (Å²) in [4.78, 5) is 7.27. The highest BCUT2D eigenvalue weighted by Gasteiger charge is 2.33. The highest BCUT2D eigenvalue weighted by molar-refractivity contribution is 7.22. The zero-order valence-corrected chi connectivity index (χ0v) is 11.8. The third kappa shape index (κ3) is 2.23. The summed E-state index contributed by atoms with van der Waals surface area (Å²) in [6.45, 7) is 5.01. The minimum atomic E-state index is 0.814. The summed E-state index contributed by atoms with van der Waals surface area (Å²) in [5, 5.41) is 4.65. The number of para-hydroxylation sites is 1. The van der Waals surface area contributed by atoms with Crippen LogP contribution in [0.4, 0.5) is 5.13 Å². The van der Waals surface area contributed by atoms with Gasteiger partial charge in [0.05, 0.1) is 10.2 Å². The van der Waals surface area contributed by atoms with E-state index in [0.717, 1.165) is 29.0 Å². The van der Waals surface area contributed by atoms with Crippen LogP contribution in [0.15, 0.2) is 24.3 Å². The van der Waals surface area contributed by atoms with Gasteiger partial charge in [-0.15, -0.1) is 0 Å². The number of aromatic nitrogens is 1. The number of hydrogen-bond acceptors (Lipinski definition) is 4. The predicted molar refractivity (Wildman–Crippen MR) is 80.8 cm³/mol. The molecule has 19 heavy (non-hydrogen) atoms. The van der Waals surface area contributed by atoms with Crippen LogP contribution in [-0.2, 0) is 0 Å². The van der Waals surface area contributed by atoms with Crippen molar-refractivity contribution >= 4 is 26.7 Å². The van der Waals surface area contributed by atoms with Gasteiger partial charge in [-0.2, -0.15) is 0 Å². The second-order valence-electron chi connectivity index (χ2n) is 5.77. The van der Waals surface area contributed by atoms with Gasteiger partial charge in [0.25, 0.3) is 0 Å². The number of fused-ring (bicyclic) bond motifs is 4. The van der Waals surface area contributed by atoms with E-state index in [0.29, 0.717) is 0 Å². The molecule has 2 bridgehead atoms. The summed E-state index contributed by atoms with van der Waals surface area (Å²) in [6, 6.07) is 8.37. The molecule has 0 saturated carbocycles. The van der Waals surface area contributed by atoms with Crippen LogP contribution in [0, 0.1) is 11.8 Å². The highest BCUT2D eigenvalue weighted by Crippen LogP contribution is 2.33. The molecule has 4 heteroatoms. The molecule has 1 aromatic heterocycles. The zero-order chi connectivity index (χ0) is 12.7. The fourth-order valence-corrected chi connectivity index (χ4v) is 4.36. The number of rotatable bonds is 3. The van der Waals surface area contributed by atoms with E-state index in [1.54, 1.807) is 11.3 Å². The van der Waals surface area contributed by atoms with Crippen LogP contribution in [-0.4, -0.2) is 36.1 Å². The van der Waals surface area contributed by atoms with Gasteiger partial charge < -0.3 is 10.2 Å². The average molecular weight is 273 g/mol. The number of thiazole rings is 1. The van der Waals surface area contributed by atoms with E-state index in [4.69, 9.17) is 0 Å². The number of hydrogen-bond donors (Lipinski definition) is 1. The van der Waals surface area contributed by atoms with Gasteiger partial charge in [-0.05, 0) is 49.9 Å². The number of benzene rings is 1. The molecule has 100 valence electrons. The molecule has 3 aliphatic heterocycles. The van der Waals surface area contributed by atoms with Crippen molar-refractivity contribution in [1.82, 2.24) is 9.88 Å². The molecule has 1 aromatic carbocycles. The molecular formula is C15H19N3S. The average Bonchev–Trinajstić information content (AvgIpc) is 2.89. The van der Waals surface area contributed by atoms with Gasteiger partial charge in [0, 0.05) is 13.1 Å². The maximum absolute atomic E-state index is 4.65. The van der Waals surface area contributed by atoms with E-state index < -0.39 is 0 Å². The summed E-state index contributed by atoms with van der Waals surface area (Å²) >= 11 is 1.77. The number of nitrogens with zero attached hydrogens (tertiary/aromatic N) is 2. The van der Waals surface area contributed by atoms with Gasteiger partial charge >= 0.3 is 0 Å². The molecule has 3 fully saturated rings. The molecule has 2 aromatic rings. The Morgan fingerprint density at radius 3 is 2.84 bits per heavy atom. The molecule has 4 heterocycles. The summed E-state index contributed by atoms with van der Waals surface area (Å²) < 4.78 is 1.28. The Morgan fingerprint density at radius 1 is 1.26 bits per heavy atom. The highest BCUT2D eigenvalue weighted by atomic mass is 32.1. The molecule has 0 unspecified atom stereocenters. The van der Waals surface area contributed by atoms with Gasteiger partial charge in [0.1, 0.15) is 0 Å². The SMILES string of the molecule is c1ccc2sc(NC[C@H]3CN4CCC3CC4)nc2c1. The summed E-state index contributed by atoms with van der Waals surface area (Å²) in [5.41, 5.74) is 1.11. The van der Waals surface area contributed by atoms with Crippen LogP contribution < -0.4 is 5.32 Å². The van der Waals surface area contributed by atoms with Crippen molar-refractivity contribution in [2.24, 2.45) is 11.8 Å². The standard InChI is InChI=1S/C15H19N3S/c1-2-4-14-13(3-1)17-15(19-14)16-9-12-10-18-7-5-11(12)6-8-18/h1-4,11-12H,5-10H2,(H,16,17)/t12-/m0/s1. The van der Waals surface area contributed by atoms with E-state index in [2.05, 4.69) is 39.5 Å². The van der Waals surface area contributed by atoms with E-state index in [9.17, 15) is 0 Å². The Labute approximate surface area is 117 Å². The zero-order valence-electron chi connectivity index (χ0n) is 11.0. The second-order valence-corrected chi connectivity index (χ2v) is 6.80. The predicted octanol–water partition coefficient (Wildman–Crippen LogP) is 3.05. The van der Waals surface area contributed by atoms with E-state index in [1.165, 1.54) is 37.2 Å². The van der Waals surface area contributed by atoms with Crippen LogP contribution in [0.1, 0.15) is 12.8 Å². The largest absolute Gasteiger partial charge is 0.361 e. The van der Waals surface area contributed by atoms with Crippen molar-refractivity contribution in [3.8, 4) is 0 Å². The Kier molecular flexibility index (Phi) is 2.93. The fraction of sp³-hybridized carbons (Fsp3) is 0.533. The van der Waals surface area contributed by atoms with Crippen molar-refractivity contribution in [2.45, 2.75) is 12.8 Å². The Morgan fingerprint density at radius 2 is 2.11 bits per heavy atom. The Balaban J connectivity index is 1.44. The third-order valence-electron chi connectivity index (χ3n) is 4.60. The molecule has 1 atom stereocenters. The number of anilines is 1. The van der Waals surface area contributed by atoms with Crippen LogP contribution in [0.3, 0.4) is 0 Å². The lowest BCUT2D eigenvalue weighted by molar-refractivity contribution is 0.0574. The van der Waals surface area contributed by atoms with Gasteiger partial charge in [0.2, 0.25) is 0 Å². The minimum Gasteiger partial charge on any atom is -0.361 e. The quantitative estimate of drug-likeness (QED) is 0.931. The fourth-order valence-electron chi connectivity index (χ4n) is 3.49. The van der Waals surface area contributed by atoms with Gasteiger partial charge in [-0.25, -0.2) is 4.98 Å². The van der Waals surface area contributed by atoms with Crippen molar-refractivity contribution in [3.63, 3.8) is 0 Å². The van der Waals surface area contributed by atoms with Crippen LogP contribution in [0.25, 0.3) is 10.2 Å². The van der Waals surface area contributed by atoms with Crippen molar-refractivity contribution in [3.05, 3.63) is 24.3 Å². The van der Waals surface area contributed by atoms with Gasteiger partial charge in [-0.3, -0.25) is 0 Å². The molecule has 0 amide bonds. The van der Waals surface area contributed by atoms with E-state index in [1.807, 2.05) is 0 Å². The first-order valence-corrected chi connectivity index (χ1v) is 8.02. The first kappa shape index (κ1) is 11.7. The maximum Gasteiger partial charge on any atom is 0.183 e. The Bertz CT molecular complexity index is 539. The lowest BCUT2D eigenvalue weighted by Gasteiger charge is -2.44. The molecule has 3 nitrogen and oxygen atoms in total. The third-order valence-corrected chi connectivity index (χ3v) is 5.60. The Hall–Kier alpha value is -1.13. The smallest absolute Gasteiger partial charge is 0.183 e. The second kappa shape index (κ2) is 4.76. The first-order chi connectivity index (χ1) is 9.38. The first-order valence-electron chi connectivity index (χ1n) is 7.20. The maximum atomic E-state index is 4.65. The summed E-state index contributed by atoms with van der Waals surface area (Å²) in [6.07, 6.45) is 2.79. The van der Waals surface area contributed by atoms with Gasteiger partial charge in [-0.1, -0.05) is 23.5 Å². The summed E-state index contributed by atoms with van der Waals surface area (Å²) in [7, 11) is 0. The topological polar surface area (TPSA) is 28.2 Å². The van der Waals surface area contributed by atoms with E-state index >= 15 is 0 Å². The molecule has 0 aliphatic carbocycles. The molecule has 3 aliphatic rings. The normalized spacial score (nSPS) is 29.8. The molecule has 3 saturated heterocycles. The molecule has 0 radical (unpaired) electrons. The number of piperidine rings is 3. The summed E-state index contributed by atoms with van der Waals surface area (Å²) in [5.74, 6) is 1.75. The molecule has 5 rings (SSSR count). The molecule has 0 spiro atoms. The van der Waals surface area contributed by atoms with Crippen LogP contribution >= 0.6 is 11.3 Å². The van der Waals surface area contributed by atoms with E-state index in [-0.39, 0.29) is 0 Å². The lowest BCUT2D eigenvalue weighted by atomic mass is 9.79. The van der Waals surface area contributed by atoms with Gasteiger partial charge in [0.15, 0.2) is 5.13 Å². The molecule has 1 N–H and O–H groups in total. The monoisotopic (exact) mass is 273 g/mol.